The molecule has 0 spiro atoms. The first-order valence-electron chi connectivity index (χ1n) is 8.46. The minimum Gasteiger partial charge on any atom is -0.489 e. The predicted molar refractivity (Wildman–Crippen MR) is 106 cm³/mol. The number of hydrazone groups is 1. The van der Waals surface area contributed by atoms with E-state index in [0.29, 0.717) is 11.6 Å². The Morgan fingerprint density at radius 1 is 1.21 bits per heavy atom. The van der Waals surface area contributed by atoms with Gasteiger partial charge in [0.1, 0.15) is 24.4 Å². The van der Waals surface area contributed by atoms with Gasteiger partial charge in [-0.1, -0.05) is 12.1 Å². The maximum atomic E-state index is 11.0. The number of ether oxygens (including phenoxy) is 1. The summed E-state index contributed by atoms with van der Waals surface area (Å²) in [6.45, 7) is 0.252. The van der Waals surface area contributed by atoms with Crippen LogP contribution in [-0.2, 0) is 6.61 Å². The molecule has 0 unspecified atom stereocenters. The van der Waals surface area contributed by atoms with Gasteiger partial charge >= 0.3 is 5.97 Å². The number of carboxylic acids is 1. The highest BCUT2D eigenvalue weighted by molar-refractivity contribution is 5.87. The Labute approximate surface area is 165 Å². The Morgan fingerprint density at radius 2 is 2.00 bits per heavy atom. The molecule has 0 radical (unpaired) electrons. The van der Waals surface area contributed by atoms with Crippen LogP contribution >= 0.6 is 0 Å². The molecule has 3 aromatic rings. The van der Waals surface area contributed by atoms with Gasteiger partial charge in [-0.3, -0.25) is 15.5 Å². The van der Waals surface area contributed by atoms with Crippen molar-refractivity contribution in [1.82, 2.24) is 4.98 Å². The van der Waals surface area contributed by atoms with E-state index in [0.717, 1.165) is 17.3 Å². The fraction of sp³-hybridized carbons (Fsp3) is 0.0500. The van der Waals surface area contributed by atoms with Crippen molar-refractivity contribution in [2.75, 3.05) is 5.43 Å². The Hall–Kier alpha value is -4.27. The molecule has 1 aromatic heterocycles. The van der Waals surface area contributed by atoms with E-state index in [2.05, 4.69) is 15.5 Å². The number of benzene rings is 2. The van der Waals surface area contributed by atoms with Gasteiger partial charge in [-0.15, -0.1) is 0 Å². The Kier molecular flexibility index (Phi) is 6.11. The monoisotopic (exact) mass is 392 g/mol. The topological polar surface area (TPSA) is 127 Å². The summed E-state index contributed by atoms with van der Waals surface area (Å²) in [6, 6.07) is 16.5. The number of nitrogens with one attached hydrogen (secondary N) is 1. The van der Waals surface area contributed by atoms with Gasteiger partial charge in [-0.05, 0) is 53.6 Å². The van der Waals surface area contributed by atoms with Crippen LogP contribution in [0.2, 0.25) is 0 Å². The third-order valence-electron chi connectivity index (χ3n) is 3.81. The smallest absolute Gasteiger partial charge is 0.335 e. The summed E-state index contributed by atoms with van der Waals surface area (Å²) >= 11 is 0. The number of anilines is 1. The number of rotatable bonds is 8. The van der Waals surface area contributed by atoms with Crippen LogP contribution in [0.4, 0.5) is 11.5 Å². The van der Waals surface area contributed by atoms with Crippen LogP contribution in [0, 0.1) is 10.1 Å². The quantitative estimate of drug-likeness (QED) is 0.340. The molecule has 0 saturated heterocycles. The minimum atomic E-state index is -0.979. The predicted octanol–water partition coefficient (Wildman–Crippen LogP) is 3.71. The second-order valence-electron chi connectivity index (χ2n) is 5.89. The van der Waals surface area contributed by atoms with Gasteiger partial charge in [0.25, 0.3) is 5.69 Å². The Bertz CT molecular complexity index is 1030. The zero-order valence-corrected chi connectivity index (χ0v) is 15.1. The summed E-state index contributed by atoms with van der Waals surface area (Å²) in [7, 11) is 0. The van der Waals surface area contributed by atoms with E-state index in [4.69, 9.17) is 9.84 Å². The number of aromatic carboxylic acids is 1. The third-order valence-corrected chi connectivity index (χ3v) is 3.81. The van der Waals surface area contributed by atoms with Crippen molar-refractivity contribution in [2.45, 2.75) is 6.61 Å². The number of hydrogen-bond acceptors (Lipinski definition) is 7. The Morgan fingerprint density at radius 3 is 2.66 bits per heavy atom. The second kappa shape index (κ2) is 9.09. The van der Waals surface area contributed by atoms with E-state index in [-0.39, 0.29) is 17.9 Å². The zero-order valence-electron chi connectivity index (χ0n) is 15.1. The lowest BCUT2D eigenvalue weighted by atomic mass is 10.1. The van der Waals surface area contributed by atoms with Gasteiger partial charge < -0.3 is 9.84 Å². The van der Waals surface area contributed by atoms with Gasteiger partial charge in [0, 0.05) is 6.07 Å². The van der Waals surface area contributed by atoms with Gasteiger partial charge in [0.2, 0.25) is 0 Å². The highest BCUT2D eigenvalue weighted by Gasteiger charge is 2.05. The SMILES string of the molecule is O=C(O)c1cccc(COc2ccc(/C=N/Nc3ccc([N+](=O)[O-])cn3)cc2)c1. The van der Waals surface area contributed by atoms with Crippen LogP contribution in [-0.4, -0.2) is 27.2 Å². The molecule has 9 nitrogen and oxygen atoms in total. The minimum absolute atomic E-state index is 0.0928. The molecule has 29 heavy (non-hydrogen) atoms. The van der Waals surface area contributed by atoms with Crippen molar-refractivity contribution in [3.63, 3.8) is 0 Å². The van der Waals surface area contributed by atoms with E-state index >= 15 is 0 Å². The van der Waals surface area contributed by atoms with E-state index in [1.165, 1.54) is 18.2 Å². The molecule has 0 amide bonds. The standard InChI is InChI=1S/C20H16N4O5/c25-20(26)16-3-1-2-15(10-16)13-29-18-7-4-14(5-8-18)11-22-23-19-9-6-17(12-21-19)24(27)28/h1-12H,13H2,(H,21,23)(H,25,26)/b22-11+. The summed E-state index contributed by atoms with van der Waals surface area (Å²) in [6.07, 6.45) is 2.72. The highest BCUT2D eigenvalue weighted by atomic mass is 16.6. The molecule has 0 saturated carbocycles. The Balaban J connectivity index is 1.53. The van der Waals surface area contributed by atoms with Crippen LogP contribution in [0.3, 0.4) is 0 Å². The van der Waals surface area contributed by atoms with E-state index in [9.17, 15) is 14.9 Å². The number of nitro groups is 1. The van der Waals surface area contributed by atoms with Gasteiger partial charge in [-0.2, -0.15) is 5.10 Å². The molecular formula is C20H16N4O5. The lowest BCUT2D eigenvalue weighted by Gasteiger charge is -2.07. The summed E-state index contributed by atoms with van der Waals surface area (Å²) in [5.74, 6) is 0.0382. The van der Waals surface area contributed by atoms with E-state index < -0.39 is 10.9 Å². The average Bonchev–Trinajstić information content (AvgIpc) is 2.74. The molecule has 0 aliphatic carbocycles. The number of nitrogens with zero attached hydrogens (tertiary/aromatic N) is 3. The molecule has 2 aromatic carbocycles. The van der Waals surface area contributed by atoms with Gasteiger partial charge in [0.15, 0.2) is 0 Å². The van der Waals surface area contributed by atoms with Crippen molar-refractivity contribution in [1.29, 1.82) is 0 Å². The maximum Gasteiger partial charge on any atom is 0.335 e. The van der Waals surface area contributed by atoms with Crippen LogP contribution < -0.4 is 10.2 Å². The maximum absolute atomic E-state index is 11.0. The molecule has 0 atom stereocenters. The molecule has 1 heterocycles. The average molecular weight is 392 g/mol. The summed E-state index contributed by atoms with van der Waals surface area (Å²) < 4.78 is 5.67. The largest absolute Gasteiger partial charge is 0.489 e. The van der Waals surface area contributed by atoms with Crippen molar-refractivity contribution >= 4 is 23.7 Å². The van der Waals surface area contributed by atoms with Crippen LogP contribution in [0.1, 0.15) is 21.5 Å². The van der Waals surface area contributed by atoms with Gasteiger partial charge in [-0.25, -0.2) is 9.78 Å². The molecule has 0 fully saturated rings. The highest BCUT2D eigenvalue weighted by Crippen LogP contribution is 2.15. The van der Waals surface area contributed by atoms with Crippen molar-refractivity contribution in [3.8, 4) is 5.75 Å². The summed E-state index contributed by atoms with van der Waals surface area (Å²) in [4.78, 5) is 25.0. The van der Waals surface area contributed by atoms with Gasteiger partial charge in [0.05, 0.1) is 16.7 Å². The molecule has 146 valence electrons. The van der Waals surface area contributed by atoms with E-state index in [1.807, 2.05) is 0 Å². The molecule has 0 bridgehead atoms. The van der Waals surface area contributed by atoms with Crippen molar-refractivity contribution < 1.29 is 19.6 Å². The summed E-state index contributed by atoms with van der Waals surface area (Å²) in [5, 5.41) is 23.6. The lowest BCUT2D eigenvalue weighted by molar-refractivity contribution is -0.385. The van der Waals surface area contributed by atoms with E-state index in [1.54, 1.807) is 48.7 Å². The number of pyridine rings is 1. The van der Waals surface area contributed by atoms with Crippen LogP contribution in [0.15, 0.2) is 72.0 Å². The second-order valence-corrected chi connectivity index (χ2v) is 5.89. The van der Waals surface area contributed by atoms with Crippen molar-refractivity contribution in [3.05, 3.63) is 93.7 Å². The fourth-order valence-corrected chi connectivity index (χ4v) is 2.34. The number of hydrogen-bond donors (Lipinski definition) is 2. The number of aromatic nitrogens is 1. The molecule has 0 aliphatic heterocycles. The van der Waals surface area contributed by atoms with Crippen LogP contribution in [0.5, 0.6) is 5.75 Å². The number of carboxylic acid groups (broad SMARTS) is 1. The van der Waals surface area contributed by atoms with Crippen molar-refractivity contribution in [2.24, 2.45) is 5.10 Å². The number of carbonyl (C=O) groups is 1. The third kappa shape index (κ3) is 5.60. The lowest BCUT2D eigenvalue weighted by Crippen LogP contribution is -2.00. The first-order valence-corrected chi connectivity index (χ1v) is 8.46. The first-order chi connectivity index (χ1) is 14.0. The first kappa shape index (κ1) is 19.5. The fourth-order valence-electron chi connectivity index (χ4n) is 2.34. The van der Waals surface area contributed by atoms with Crippen LogP contribution in [0.25, 0.3) is 0 Å². The molecule has 9 heteroatoms. The molecule has 3 rings (SSSR count). The molecule has 0 aliphatic rings. The summed E-state index contributed by atoms with van der Waals surface area (Å²) in [5.41, 5.74) is 4.38. The normalized spacial score (nSPS) is 10.6. The zero-order chi connectivity index (χ0) is 20.6. The molecule has 2 N–H and O–H groups in total. The molecular weight excluding hydrogens is 376 g/mol.